The minimum absolute atomic E-state index is 0.104. The molecule has 2 heterocycles. The maximum Gasteiger partial charge on any atom is 0.0469 e. The molecule has 1 aliphatic rings. The van der Waals surface area contributed by atoms with Crippen LogP contribution in [0.15, 0.2) is 42.5 Å². The molecular formula is C18H20N2O. The highest BCUT2D eigenvalue weighted by atomic mass is 16.5. The third kappa shape index (κ3) is 2.23. The molecule has 0 saturated carbocycles. The van der Waals surface area contributed by atoms with E-state index in [0.717, 1.165) is 26.1 Å². The topological polar surface area (TPSA) is 51.0 Å². The number of fused-ring (bicyclic) bond motifs is 3. The molecule has 1 aromatic heterocycles. The number of nitrogens with two attached hydrogens (primary N) is 1. The predicted octanol–water partition coefficient (Wildman–Crippen LogP) is 3.75. The first-order chi connectivity index (χ1) is 10.3. The van der Waals surface area contributed by atoms with Crippen molar-refractivity contribution in [2.24, 2.45) is 11.7 Å². The third-order valence-electron chi connectivity index (χ3n) is 4.69. The number of aromatic nitrogens is 1. The van der Waals surface area contributed by atoms with E-state index in [1.807, 2.05) is 0 Å². The van der Waals surface area contributed by atoms with Gasteiger partial charge in [0.05, 0.1) is 0 Å². The van der Waals surface area contributed by atoms with E-state index in [-0.39, 0.29) is 6.04 Å². The lowest BCUT2D eigenvalue weighted by atomic mass is 9.87. The minimum Gasteiger partial charge on any atom is -0.381 e. The molecule has 4 rings (SSSR count). The Morgan fingerprint density at radius 3 is 2.62 bits per heavy atom. The fourth-order valence-electron chi connectivity index (χ4n) is 3.42. The van der Waals surface area contributed by atoms with Crippen LogP contribution in [0.25, 0.3) is 21.8 Å². The predicted molar refractivity (Wildman–Crippen MR) is 86.3 cm³/mol. The Bertz CT molecular complexity index is 771. The highest BCUT2D eigenvalue weighted by Crippen LogP contribution is 2.32. The number of aromatic amines is 1. The van der Waals surface area contributed by atoms with E-state index < -0.39 is 0 Å². The Morgan fingerprint density at radius 2 is 1.76 bits per heavy atom. The average molecular weight is 280 g/mol. The average Bonchev–Trinajstić information content (AvgIpc) is 2.93. The molecule has 108 valence electrons. The number of H-pyrrole nitrogens is 1. The van der Waals surface area contributed by atoms with Gasteiger partial charge in [0.2, 0.25) is 0 Å². The minimum atomic E-state index is 0.104. The third-order valence-corrected chi connectivity index (χ3v) is 4.69. The van der Waals surface area contributed by atoms with Crippen LogP contribution in [0.4, 0.5) is 0 Å². The summed E-state index contributed by atoms with van der Waals surface area (Å²) in [5, 5.41) is 2.54. The van der Waals surface area contributed by atoms with Crippen LogP contribution in [-0.4, -0.2) is 18.2 Å². The van der Waals surface area contributed by atoms with Crippen LogP contribution in [0.5, 0.6) is 0 Å². The Labute approximate surface area is 124 Å². The first-order valence-corrected chi connectivity index (χ1v) is 7.66. The zero-order valence-electron chi connectivity index (χ0n) is 12.0. The molecule has 1 atom stereocenters. The summed E-state index contributed by atoms with van der Waals surface area (Å²) >= 11 is 0. The van der Waals surface area contributed by atoms with Crippen LogP contribution in [0.1, 0.15) is 24.4 Å². The maximum absolute atomic E-state index is 6.51. The lowest BCUT2D eigenvalue weighted by Crippen LogP contribution is -2.27. The molecule has 0 radical (unpaired) electrons. The summed E-state index contributed by atoms with van der Waals surface area (Å²) in [4.78, 5) is 3.46. The molecule has 3 aromatic rings. The number of nitrogens with one attached hydrogen (secondary N) is 1. The molecule has 1 unspecified atom stereocenters. The van der Waals surface area contributed by atoms with Gasteiger partial charge in [0, 0.05) is 41.1 Å². The van der Waals surface area contributed by atoms with Crippen molar-refractivity contribution in [2.75, 3.05) is 13.2 Å². The van der Waals surface area contributed by atoms with E-state index >= 15 is 0 Å². The van der Waals surface area contributed by atoms with E-state index in [2.05, 4.69) is 47.4 Å². The van der Waals surface area contributed by atoms with Gasteiger partial charge in [-0.3, -0.25) is 0 Å². The van der Waals surface area contributed by atoms with Gasteiger partial charge in [-0.2, -0.15) is 0 Å². The van der Waals surface area contributed by atoms with Crippen LogP contribution < -0.4 is 5.73 Å². The molecule has 3 nitrogen and oxygen atoms in total. The van der Waals surface area contributed by atoms with Crippen LogP contribution in [0.3, 0.4) is 0 Å². The Morgan fingerprint density at radius 1 is 1.00 bits per heavy atom. The largest absolute Gasteiger partial charge is 0.381 e. The Hall–Kier alpha value is -1.84. The van der Waals surface area contributed by atoms with Gasteiger partial charge in [-0.05, 0) is 42.5 Å². The Balaban J connectivity index is 1.76. The van der Waals surface area contributed by atoms with Crippen molar-refractivity contribution in [1.82, 2.24) is 4.98 Å². The number of hydrogen-bond donors (Lipinski definition) is 2. The highest BCUT2D eigenvalue weighted by molar-refractivity contribution is 6.07. The standard InChI is InChI=1S/C18H20N2O/c19-18(12-7-9-21-10-8-12)13-5-6-17-15(11-13)14-3-1-2-4-16(14)20-17/h1-6,11-12,18,20H,7-10,19H2. The van der Waals surface area contributed by atoms with Crippen molar-refractivity contribution in [2.45, 2.75) is 18.9 Å². The molecule has 0 spiro atoms. The number of para-hydroxylation sites is 1. The summed E-state index contributed by atoms with van der Waals surface area (Å²) in [6.45, 7) is 1.68. The van der Waals surface area contributed by atoms with Gasteiger partial charge in [0.25, 0.3) is 0 Å². The molecule has 1 aliphatic heterocycles. The normalized spacial score (nSPS) is 18.3. The molecule has 0 aliphatic carbocycles. The number of benzene rings is 2. The maximum atomic E-state index is 6.51. The van der Waals surface area contributed by atoms with Crippen molar-refractivity contribution in [3.8, 4) is 0 Å². The summed E-state index contributed by atoms with van der Waals surface area (Å²) in [6, 6.07) is 15.1. The van der Waals surface area contributed by atoms with Crippen molar-refractivity contribution >= 4 is 21.8 Å². The van der Waals surface area contributed by atoms with Crippen LogP contribution in [0, 0.1) is 5.92 Å². The monoisotopic (exact) mass is 280 g/mol. The van der Waals surface area contributed by atoms with Gasteiger partial charge in [-0.25, -0.2) is 0 Å². The second kappa shape index (κ2) is 5.17. The van der Waals surface area contributed by atoms with Gasteiger partial charge in [0.1, 0.15) is 0 Å². The summed E-state index contributed by atoms with van der Waals surface area (Å²) in [5.41, 5.74) is 10.1. The van der Waals surface area contributed by atoms with E-state index in [9.17, 15) is 0 Å². The van der Waals surface area contributed by atoms with E-state index in [1.54, 1.807) is 0 Å². The molecule has 2 aromatic carbocycles. The SMILES string of the molecule is NC(c1ccc2[nH]c3ccccc3c2c1)C1CCOCC1. The van der Waals surface area contributed by atoms with Gasteiger partial charge < -0.3 is 15.5 Å². The summed E-state index contributed by atoms with van der Waals surface area (Å²) < 4.78 is 5.44. The lowest BCUT2D eigenvalue weighted by molar-refractivity contribution is 0.0584. The summed E-state index contributed by atoms with van der Waals surface area (Å²) in [7, 11) is 0. The Kier molecular flexibility index (Phi) is 3.17. The molecule has 3 N–H and O–H groups in total. The molecule has 0 amide bonds. The number of ether oxygens (including phenoxy) is 1. The second-order valence-electron chi connectivity index (χ2n) is 5.95. The van der Waals surface area contributed by atoms with Crippen LogP contribution in [0.2, 0.25) is 0 Å². The molecule has 1 fully saturated rings. The quantitative estimate of drug-likeness (QED) is 0.751. The van der Waals surface area contributed by atoms with Crippen molar-refractivity contribution in [3.05, 3.63) is 48.0 Å². The fourth-order valence-corrected chi connectivity index (χ4v) is 3.42. The van der Waals surface area contributed by atoms with Crippen molar-refractivity contribution in [3.63, 3.8) is 0 Å². The van der Waals surface area contributed by atoms with Gasteiger partial charge in [-0.1, -0.05) is 24.3 Å². The zero-order valence-corrected chi connectivity index (χ0v) is 12.0. The van der Waals surface area contributed by atoms with Crippen molar-refractivity contribution in [1.29, 1.82) is 0 Å². The number of rotatable bonds is 2. The first-order valence-electron chi connectivity index (χ1n) is 7.66. The van der Waals surface area contributed by atoms with Gasteiger partial charge >= 0.3 is 0 Å². The smallest absolute Gasteiger partial charge is 0.0469 e. The number of hydrogen-bond acceptors (Lipinski definition) is 2. The molecule has 3 heteroatoms. The van der Waals surface area contributed by atoms with Gasteiger partial charge in [-0.15, -0.1) is 0 Å². The van der Waals surface area contributed by atoms with Crippen LogP contribution >= 0.6 is 0 Å². The van der Waals surface area contributed by atoms with E-state index in [0.29, 0.717) is 5.92 Å². The summed E-state index contributed by atoms with van der Waals surface area (Å²) in [6.07, 6.45) is 2.13. The van der Waals surface area contributed by atoms with E-state index in [4.69, 9.17) is 10.5 Å². The highest BCUT2D eigenvalue weighted by Gasteiger charge is 2.22. The molecule has 0 bridgehead atoms. The van der Waals surface area contributed by atoms with Crippen molar-refractivity contribution < 1.29 is 4.74 Å². The van der Waals surface area contributed by atoms with E-state index in [1.165, 1.54) is 27.4 Å². The van der Waals surface area contributed by atoms with Gasteiger partial charge in [0.15, 0.2) is 0 Å². The first kappa shape index (κ1) is 12.9. The van der Waals surface area contributed by atoms with Crippen LogP contribution in [-0.2, 0) is 4.74 Å². The second-order valence-corrected chi connectivity index (χ2v) is 5.95. The summed E-state index contributed by atoms with van der Waals surface area (Å²) in [5.74, 6) is 0.529. The molecular weight excluding hydrogens is 260 g/mol. The zero-order chi connectivity index (χ0) is 14.2. The fraction of sp³-hybridized carbons (Fsp3) is 0.333. The molecule has 1 saturated heterocycles. The lowest BCUT2D eigenvalue weighted by Gasteiger charge is -2.27. The molecule has 21 heavy (non-hydrogen) atoms.